The van der Waals surface area contributed by atoms with Crippen LogP contribution in [-0.4, -0.2) is 71.6 Å². The maximum absolute atomic E-state index is 13.4. The Morgan fingerprint density at radius 2 is 2.12 bits per heavy atom. The van der Waals surface area contributed by atoms with E-state index in [-0.39, 0.29) is 11.2 Å². The third kappa shape index (κ3) is 6.29. The average Bonchev–Trinajstić information content (AvgIpc) is 3.40. The highest BCUT2D eigenvalue weighted by Crippen LogP contribution is 2.31. The van der Waals surface area contributed by atoms with Crippen LogP contribution in [0.4, 0.5) is 10.2 Å². The number of rotatable bonds is 9. The number of hydrogen-bond donors (Lipinski definition) is 0. The van der Waals surface area contributed by atoms with Crippen molar-refractivity contribution in [2.24, 2.45) is 5.41 Å². The number of nitrogens with zero attached hydrogens (tertiary/aromatic N) is 5. The minimum atomic E-state index is -0.722. The van der Waals surface area contributed by atoms with Crippen LogP contribution in [0.5, 0.6) is 5.75 Å². The summed E-state index contributed by atoms with van der Waals surface area (Å²) in [6.45, 7) is 9.02. The van der Waals surface area contributed by atoms with Gasteiger partial charge in [0.25, 0.3) is 0 Å². The SMILES string of the molecule is CN(CC(=O)CC(C)(C)C)c1nc(-c2cc(OCCN3CC[C@@H](F)C3)ccn2)nc2c1CCC2. The Morgan fingerprint density at radius 3 is 2.85 bits per heavy atom. The zero-order chi connectivity index (χ0) is 24.3. The van der Waals surface area contributed by atoms with E-state index in [1.807, 2.05) is 24.1 Å². The number of likely N-dealkylation sites (N-methyl/N-ethyl adjacent to an activating group) is 1. The number of hydrogen-bond acceptors (Lipinski definition) is 7. The summed E-state index contributed by atoms with van der Waals surface area (Å²) in [7, 11) is 1.93. The number of ether oxygens (including phenoxy) is 1. The van der Waals surface area contributed by atoms with E-state index >= 15 is 0 Å². The number of aromatic nitrogens is 3. The number of aryl methyl sites for hydroxylation is 1. The summed E-state index contributed by atoms with van der Waals surface area (Å²) in [5, 5.41) is 0. The van der Waals surface area contributed by atoms with Crippen molar-refractivity contribution in [1.29, 1.82) is 0 Å². The molecule has 1 aliphatic carbocycles. The predicted octanol–water partition coefficient (Wildman–Crippen LogP) is 3.89. The Bertz CT molecular complexity index is 1020. The molecule has 0 N–H and O–H groups in total. The van der Waals surface area contributed by atoms with Crippen molar-refractivity contribution in [1.82, 2.24) is 19.9 Å². The van der Waals surface area contributed by atoms with Gasteiger partial charge in [-0.3, -0.25) is 14.7 Å². The van der Waals surface area contributed by atoms with Crippen LogP contribution >= 0.6 is 0 Å². The van der Waals surface area contributed by atoms with Gasteiger partial charge in [-0.25, -0.2) is 14.4 Å². The van der Waals surface area contributed by atoms with Crippen LogP contribution in [0, 0.1) is 5.41 Å². The molecule has 2 aromatic rings. The first-order chi connectivity index (χ1) is 16.2. The summed E-state index contributed by atoms with van der Waals surface area (Å²) in [6, 6.07) is 3.67. The van der Waals surface area contributed by atoms with Crippen molar-refractivity contribution in [3.63, 3.8) is 0 Å². The smallest absolute Gasteiger partial charge is 0.180 e. The molecule has 8 heteroatoms. The molecular weight excluding hydrogens is 433 g/mol. The molecule has 184 valence electrons. The fraction of sp³-hybridized carbons (Fsp3) is 0.615. The molecule has 0 aromatic carbocycles. The average molecular weight is 470 g/mol. The lowest BCUT2D eigenvalue weighted by atomic mass is 9.90. The molecule has 4 rings (SSSR count). The van der Waals surface area contributed by atoms with Gasteiger partial charge in [0, 0.05) is 56.6 Å². The number of ketones is 1. The van der Waals surface area contributed by atoms with Gasteiger partial charge in [-0.1, -0.05) is 20.8 Å². The second-order valence-electron chi connectivity index (χ2n) is 10.7. The number of pyridine rings is 1. The standard InChI is InChI=1S/C26H36FN5O2/c1-26(2,3)15-19(33)17-31(4)25-21-6-5-7-22(21)29-24(30-25)23-14-20(8-10-28-23)34-13-12-32-11-9-18(27)16-32/h8,10,14,18H,5-7,9,11-13,15-17H2,1-4H3/t18-/m1/s1. The van der Waals surface area contributed by atoms with Crippen molar-refractivity contribution < 1.29 is 13.9 Å². The summed E-state index contributed by atoms with van der Waals surface area (Å²) >= 11 is 0. The zero-order valence-corrected chi connectivity index (χ0v) is 20.8. The lowest BCUT2D eigenvalue weighted by Crippen LogP contribution is -2.30. The number of anilines is 1. The van der Waals surface area contributed by atoms with E-state index < -0.39 is 6.17 Å². The Balaban J connectivity index is 1.49. The van der Waals surface area contributed by atoms with Crippen LogP contribution in [0.15, 0.2) is 18.3 Å². The van der Waals surface area contributed by atoms with Gasteiger partial charge in [-0.05, 0) is 37.2 Å². The summed E-state index contributed by atoms with van der Waals surface area (Å²) < 4.78 is 19.3. The van der Waals surface area contributed by atoms with Crippen LogP contribution in [-0.2, 0) is 17.6 Å². The molecule has 0 bridgehead atoms. The van der Waals surface area contributed by atoms with Gasteiger partial charge in [-0.2, -0.15) is 0 Å². The number of halogens is 1. The molecule has 2 aromatic heterocycles. The predicted molar refractivity (Wildman–Crippen MR) is 131 cm³/mol. The molecule has 1 aliphatic heterocycles. The van der Waals surface area contributed by atoms with Crippen LogP contribution < -0.4 is 9.64 Å². The maximum Gasteiger partial charge on any atom is 0.180 e. The van der Waals surface area contributed by atoms with Crippen molar-refractivity contribution in [3.05, 3.63) is 29.6 Å². The quantitative estimate of drug-likeness (QED) is 0.552. The second-order valence-corrected chi connectivity index (χ2v) is 10.7. The third-order valence-corrected chi connectivity index (χ3v) is 6.27. The van der Waals surface area contributed by atoms with E-state index in [9.17, 15) is 9.18 Å². The third-order valence-electron chi connectivity index (χ3n) is 6.27. The Kier molecular flexibility index (Phi) is 7.45. The van der Waals surface area contributed by atoms with E-state index in [2.05, 4.69) is 30.7 Å². The fourth-order valence-corrected chi connectivity index (χ4v) is 4.73. The van der Waals surface area contributed by atoms with Gasteiger partial charge in [0.1, 0.15) is 30.0 Å². The van der Waals surface area contributed by atoms with E-state index in [0.717, 1.165) is 42.9 Å². The Morgan fingerprint density at radius 1 is 1.29 bits per heavy atom. The normalized spacial score (nSPS) is 18.2. The highest BCUT2D eigenvalue weighted by atomic mass is 19.1. The molecule has 0 radical (unpaired) electrons. The molecule has 0 amide bonds. The summed E-state index contributed by atoms with van der Waals surface area (Å²) in [5.74, 6) is 2.27. The number of fused-ring (bicyclic) bond motifs is 1. The van der Waals surface area contributed by atoms with Crippen molar-refractivity contribution in [3.8, 4) is 17.3 Å². The molecular formula is C26H36FN5O2. The van der Waals surface area contributed by atoms with Crippen molar-refractivity contribution in [2.45, 2.75) is 59.0 Å². The first-order valence-electron chi connectivity index (χ1n) is 12.3. The minimum Gasteiger partial charge on any atom is -0.492 e. The topological polar surface area (TPSA) is 71.5 Å². The van der Waals surface area contributed by atoms with E-state index in [4.69, 9.17) is 14.7 Å². The number of likely N-dealkylation sites (tertiary alicyclic amines) is 1. The van der Waals surface area contributed by atoms with Crippen molar-refractivity contribution >= 4 is 11.6 Å². The van der Waals surface area contributed by atoms with Gasteiger partial charge in [0.2, 0.25) is 0 Å². The molecule has 34 heavy (non-hydrogen) atoms. The number of Topliss-reactive ketones (excluding diaryl/α,β-unsaturated/α-hetero) is 1. The highest BCUT2D eigenvalue weighted by molar-refractivity contribution is 5.84. The van der Waals surface area contributed by atoms with Gasteiger partial charge in [0.05, 0.1) is 6.54 Å². The molecule has 1 fully saturated rings. The molecule has 1 saturated heterocycles. The monoisotopic (exact) mass is 469 g/mol. The van der Waals surface area contributed by atoms with Crippen LogP contribution in [0.25, 0.3) is 11.5 Å². The van der Waals surface area contributed by atoms with Gasteiger partial charge >= 0.3 is 0 Å². The molecule has 1 atom stereocenters. The van der Waals surface area contributed by atoms with Gasteiger partial charge < -0.3 is 9.64 Å². The van der Waals surface area contributed by atoms with Crippen LogP contribution in [0.2, 0.25) is 0 Å². The van der Waals surface area contributed by atoms with E-state index in [1.54, 1.807) is 6.20 Å². The number of alkyl halides is 1. The maximum atomic E-state index is 13.4. The molecule has 0 unspecified atom stereocenters. The van der Waals surface area contributed by atoms with Gasteiger partial charge in [0.15, 0.2) is 11.6 Å². The summed E-state index contributed by atoms with van der Waals surface area (Å²) in [6.07, 6.45) is 4.98. The largest absolute Gasteiger partial charge is 0.492 e. The first kappa shape index (κ1) is 24.5. The van der Waals surface area contributed by atoms with Crippen molar-refractivity contribution in [2.75, 3.05) is 44.7 Å². The van der Waals surface area contributed by atoms with E-state index in [0.29, 0.717) is 56.4 Å². The molecule has 0 saturated carbocycles. The summed E-state index contributed by atoms with van der Waals surface area (Å²) in [4.78, 5) is 30.8. The van der Waals surface area contributed by atoms with Crippen LogP contribution in [0.1, 0.15) is 51.3 Å². The number of carbonyl (C=O) groups is 1. The highest BCUT2D eigenvalue weighted by Gasteiger charge is 2.25. The first-order valence-corrected chi connectivity index (χ1v) is 12.3. The molecule has 2 aliphatic rings. The lowest BCUT2D eigenvalue weighted by molar-refractivity contribution is -0.119. The van der Waals surface area contributed by atoms with Crippen LogP contribution in [0.3, 0.4) is 0 Å². The van der Waals surface area contributed by atoms with Gasteiger partial charge in [-0.15, -0.1) is 0 Å². The van der Waals surface area contributed by atoms with E-state index in [1.165, 1.54) is 0 Å². The Hall–Kier alpha value is -2.61. The number of carbonyl (C=O) groups excluding carboxylic acids is 1. The fourth-order valence-electron chi connectivity index (χ4n) is 4.73. The second kappa shape index (κ2) is 10.3. The summed E-state index contributed by atoms with van der Waals surface area (Å²) in [5.41, 5.74) is 2.79. The minimum absolute atomic E-state index is 0.0383. The molecule has 0 spiro atoms. The lowest BCUT2D eigenvalue weighted by Gasteiger charge is -2.23. The Labute approximate surface area is 201 Å². The molecule has 3 heterocycles. The molecule has 7 nitrogen and oxygen atoms in total. The zero-order valence-electron chi connectivity index (χ0n) is 20.8.